The minimum Gasteiger partial charge on any atom is -0.495 e. The van der Waals surface area contributed by atoms with Crippen molar-refractivity contribution in [2.75, 3.05) is 7.11 Å². The summed E-state index contributed by atoms with van der Waals surface area (Å²) in [6.07, 6.45) is -10.2. The summed E-state index contributed by atoms with van der Waals surface area (Å²) in [6.45, 7) is 0. The molecule has 1 nitrogen and oxygen atoms in total. The third-order valence-electron chi connectivity index (χ3n) is 1.90. The van der Waals surface area contributed by atoms with Crippen molar-refractivity contribution in [3.05, 3.63) is 26.8 Å². The molecule has 0 saturated heterocycles. The molecule has 0 atom stereocenters. The minimum absolute atomic E-state index is 0.0366. The third-order valence-corrected chi connectivity index (χ3v) is 2.75. The van der Waals surface area contributed by atoms with Gasteiger partial charge in [0.2, 0.25) is 0 Å². The first kappa shape index (κ1) is 14.4. The number of halogens is 7. The Bertz CT molecular complexity index is 423. The number of hydrogen-bond donors (Lipinski definition) is 0. The molecule has 0 aromatic heterocycles. The minimum atomic E-state index is -5.13. The summed E-state index contributed by atoms with van der Waals surface area (Å²) in [5, 5.41) is 0. The number of benzene rings is 1. The Morgan fingerprint density at radius 3 is 1.88 bits per heavy atom. The van der Waals surface area contributed by atoms with Crippen LogP contribution in [0.25, 0.3) is 0 Å². The van der Waals surface area contributed by atoms with Crippen molar-refractivity contribution in [3.8, 4) is 5.75 Å². The van der Waals surface area contributed by atoms with Gasteiger partial charge >= 0.3 is 12.4 Å². The molecular weight excluding hydrogens is 365 g/mol. The van der Waals surface area contributed by atoms with E-state index in [1.165, 1.54) is 22.6 Å². The molecule has 17 heavy (non-hydrogen) atoms. The van der Waals surface area contributed by atoms with E-state index in [1.807, 2.05) is 0 Å². The smallest absolute Gasteiger partial charge is 0.420 e. The highest BCUT2D eigenvalue weighted by Crippen LogP contribution is 2.46. The lowest BCUT2D eigenvalue weighted by atomic mass is 10.1. The zero-order valence-corrected chi connectivity index (χ0v) is 10.4. The fourth-order valence-corrected chi connectivity index (χ4v) is 1.94. The van der Waals surface area contributed by atoms with Crippen molar-refractivity contribution in [1.82, 2.24) is 0 Å². The molecule has 0 amide bonds. The van der Waals surface area contributed by atoms with Gasteiger partial charge in [0, 0.05) is 0 Å². The Hall–Kier alpha value is -0.670. The number of hydrogen-bond acceptors (Lipinski definition) is 1. The van der Waals surface area contributed by atoms with Crippen molar-refractivity contribution in [1.29, 1.82) is 0 Å². The molecule has 0 spiro atoms. The summed E-state index contributed by atoms with van der Waals surface area (Å²) in [5.41, 5.74) is -3.54. The summed E-state index contributed by atoms with van der Waals surface area (Å²) in [7, 11) is 0.896. The molecule has 0 N–H and O–H groups in total. The van der Waals surface area contributed by atoms with Gasteiger partial charge in [-0.3, -0.25) is 0 Å². The van der Waals surface area contributed by atoms with Gasteiger partial charge in [-0.2, -0.15) is 26.3 Å². The number of ether oxygens (including phenoxy) is 1. The standard InChI is InChI=1S/C9H5F6IO/c1-17-7-5(16)3-2-4(8(10,11)12)6(7)9(13,14)15/h2-3H,1H3. The molecule has 0 unspecified atom stereocenters. The van der Waals surface area contributed by atoms with Crippen LogP contribution in [0.3, 0.4) is 0 Å². The van der Waals surface area contributed by atoms with Crippen LogP contribution < -0.4 is 4.74 Å². The van der Waals surface area contributed by atoms with E-state index in [9.17, 15) is 26.3 Å². The van der Waals surface area contributed by atoms with Crippen molar-refractivity contribution in [3.63, 3.8) is 0 Å². The molecule has 0 bridgehead atoms. The van der Waals surface area contributed by atoms with E-state index in [-0.39, 0.29) is 3.57 Å². The predicted octanol–water partition coefficient (Wildman–Crippen LogP) is 4.34. The summed E-state index contributed by atoms with van der Waals surface area (Å²) >= 11 is 1.48. The SMILES string of the molecule is COc1c(I)ccc(C(F)(F)F)c1C(F)(F)F. The monoisotopic (exact) mass is 370 g/mol. The normalized spacial score (nSPS) is 12.7. The van der Waals surface area contributed by atoms with Crippen LogP contribution in [0.15, 0.2) is 12.1 Å². The van der Waals surface area contributed by atoms with Crippen molar-refractivity contribution in [2.45, 2.75) is 12.4 Å². The first-order chi connectivity index (χ1) is 7.59. The molecule has 0 aliphatic heterocycles. The maximum atomic E-state index is 12.6. The summed E-state index contributed by atoms with van der Waals surface area (Å²) in [4.78, 5) is 0. The van der Waals surface area contributed by atoms with E-state index in [4.69, 9.17) is 0 Å². The molecule has 8 heteroatoms. The predicted molar refractivity (Wildman–Crippen MR) is 55.7 cm³/mol. The molecule has 0 aliphatic carbocycles. The highest BCUT2D eigenvalue weighted by Gasteiger charge is 2.46. The summed E-state index contributed by atoms with van der Waals surface area (Å²) in [5.74, 6) is -0.812. The second-order valence-corrected chi connectivity index (χ2v) is 4.16. The molecule has 0 fully saturated rings. The Morgan fingerprint density at radius 1 is 1.00 bits per heavy atom. The van der Waals surface area contributed by atoms with Crippen LogP contribution in [0.2, 0.25) is 0 Å². The van der Waals surface area contributed by atoms with Crippen molar-refractivity contribution in [2.24, 2.45) is 0 Å². The second-order valence-electron chi connectivity index (χ2n) is 3.00. The molecule has 1 aromatic carbocycles. The maximum absolute atomic E-state index is 12.6. The second kappa shape index (κ2) is 4.54. The number of methoxy groups -OCH3 is 1. The maximum Gasteiger partial charge on any atom is 0.420 e. The van der Waals surface area contributed by atoms with Crippen molar-refractivity contribution >= 4 is 22.6 Å². The van der Waals surface area contributed by atoms with E-state index < -0.39 is 29.2 Å². The Morgan fingerprint density at radius 2 is 1.53 bits per heavy atom. The first-order valence-corrected chi connectivity index (χ1v) is 5.17. The van der Waals surface area contributed by atoms with Gasteiger partial charge in [-0.1, -0.05) is 0 Å². The lowest BCUT2D eigenvalue weighted by molar-refractivity contribution is -0.163. The van der Waals surface area contributed by atoms with E-state index in [2.05, 4.69) is 4.74 Å². The average Bonchev–Trinajstić information content (AvgIpc) is 2.13. The molecule has 96 valence electrons. The van der Waals surface area contributed by atoms with E-state index in [0.29, 0.717) is 6.07 Å². The van der Waals surface area contributed by atoms with Gasteiger partial charge in [0.15, 0.2) is 0 Å². The van der Waals surface area contributed by atoms with E-state index in [0.717, 1.165) is 13.2 Å². The van der Waals surface area contributed by atoms with Crippen LogP contribution >= 0.6 is 22.6 Å². The quantitative estimate of drug-likeness (QED) is 0.528. The van der Waals surface area contributed by atoms with Crippen molar-refractivity contribution < 1.29 is 31.1 Å². The van der Waals surface area contributed by atoms with Crippen LogP contribution in [-0.2, 0) is 12.4 Å². The van der Waals surface area contributed by atoms with Gasteiger partial charge in [0.25, 0.3) is 0 Å². The average molecular weight is 370 g/mol. The highest BCUT2D eigenvalue weighted by atomic mass is 127. The molecular formula is C9H5F6IO. The van der Waals surface area contributed by atoms with Crippen LogP contribution in [0.1, 0.15) is 11.1 Å². The number of alkyl halides is 6. The van der Waals surface area contributed by atoms with Gasteiger partial charge in [0.1, 0.15) is 11.3 Å². The molecule has 0 radical (unpaired) electrons. The van der Waals surface area contributed by atoms with Gasteiger partial charge in [-0.15, -0.1) is 0 Å². The van der Waals surface area contributed by atoms with Crippen LogP contribution in [0, 0.1) is 3.57 Å². The summed E-state index contributed by atoms with van der Waals surface area (Å²) in [6, 6.07) is 1.32. The fraction of sp³-hybridized carbons (Fsp3) is 0.333. The largest absolute Gasteiger partial charge is 0.495 e. The first-order valence-electron chi connectivity index (χ1n) is 4.10. The van der Waals surface area contributed by atoms with Gasteiger partial charge in [-0.25, -0.2) is 0 Å². The fourth-order valence-electron chi connectivity index (χ4n) is 1.27. The molecule has 0 aliphatic rings. The lowest BCUT2D eigenvalue weighted by Crippen LogP contribution is -2.18. The topological polar surface area (TPSA) is 9.23 Å². The Labute approximate surface area is 106 Å². The van der Waals surface area contributed by atoms with Gasteiger partial charge < -0.3 is 4.74 Å². The number of rotatable bonds is 1. The molecule has 0 heterocycles. The highest BCUT2D eigenvalue weighted by molar-refractivity contribution is 14.1. The Kier molecular flexibility index (Phi) is 3.84. The van der Waals surface area contributed by atoms with Crippen LogP contribution in [0.4, 0.5) is 26.3 Å². The van der Waals surface area contributed by atoms with Gasteiger partial charge in [-0.05, 0) is 34.7 Å². The van der Waals surface area contributed by atoms with Crippen LogP contribution in [0.5, 0.6) is 5.75 Å². The lowest BCUT2D eigenvalue weighted by Gasteiger charge is -2.19. The van der Waals surface area contributed by atoms with Crippen LogP contribution in [-0.4, -0.2) is 7.11 Å². The van der Waals surface area contributed by atoms with E-state index in [1.54, 1.807) is 0 Å². The molecule has 0 saturated carbocycles. The summed E-state index contributed by atoms with van der Waals surface area (Å²) < 4.78 is 79.6. The van der Waals surface area contributed by atoms with Gasteiger partial charge in [0.05, 0.1) is 16.2 Å². The third kappa shape index (κ3) is 2.96. The zero-order chi connectivity index (χ0) is 13.4. The molecule has 1 rings (SSSR count). The zero-order valence-electron chi connectivity index (χ0n) is 8.21. The van der Waals surface area contributed by atoms with E-state index >= 15 is 0 Å². The molecule has 1 aromatic rings. The Balaban J connectivity index is 3.64.